The molecule has 29 heavy (non-hydrogen) atoms. The van der Waals surface area contributed by atoms with Crippen LogP contribution in [0.25, 0.3) is 0 Å². The van der Waals surface area contributed by atoms with Gasteiger partial charge in [-0.1, -0.05) is 6.07 Å². The number of methoxy groups -OCH3 is 1. The van der Waals surface area contributed by atoms with Crippen molar-refractivity contribution in [3.63, 3.8) is 0 Å². The number of guanidine groups is 1. The molecule has 1 aromatic rings. The van der Waals surface area contributed by atoms with E-state index in [0.717, 1.165) is 37.5 Å². The van der Waals surface area contributed by atoms with Crippen LogP contribution in [0.2, 0.25) is 0 Å². The number of ether oxygens (including phenoxy) is 2. The fourth-order valence-electron chi connectivity index (χ4n) is 3.63. The number of nitrogens with zero attached hydrogens (tertiary/aromatic N) is 3. The van der Waals surface area contributed by atoms with Crippen molar-refractivity contribution >= 4 is 35.8 Å². The summed E-state index contributed by atoms with van der Waals surface area (Å²) in [4.78, 5) is 20.8. The number of carbonyl (C=O) groups is 1. The number of piperazine rings is 1. The van der Waals surface area contributed by atoms with Gasteiger partial charge in [-0.15, -0.1) is 24.0 Å². The molecule has 2 aliphatic heterocycles. The molecule has 1 aromatic carbocycles. The van der Waals surface area contributed by atoms with Crippen LogP contribution in [-0.4, -0.2) is 74.7 Å². The van der Waals surface area contributed by atoms with Crippen LogP contribution in [0.1, 0.15) is 24.0 Å². The highest BCUT2D eigenvalue weighted by molar-refractivity contribution is 14.0. The Morgan fingerprint density at radius 2 is 2.03 bits per heavy atom. The first kappa shape index (κ1) is 23.8. The number of rotatable bonds is 5. The van der Waals surface area contributed by atoms with E-state index in [1.54, 1.807) is 26.3 Å². The van der Waals surface area contributed by atoms with Gasteiger partial charge in [0.25, 0.3) is 5.91 Å². The summed E-state index contributed by atoms with van der Waals surface area (Å²) in [7, 11) is 3.29. The average molecular weight is 520 g/mol. The maximum absolute atomic E-state index is 13.8. The van der Waals surface area contributed by atoms with E-state index in [2.05, 4.69) is 15.2 Å². The molecule has 0 aliphatic carbocycles. The van der Waals surface area contributed by atoms with Crippen molar-refractivity contribution in [2.75, 3.05) is 46.9 Å². The van der Waals surface area contributed by atoms with Crippen molar-refractivity contribution in [3.05, 3.63) is 35.1 Å². The monoisotopic (exact) mass is 520 g/mol. The highest BCUT2D eigenvalue weighted by Crippen LogP contribution is 2.16. The maximum atomic E-state index is 13.8. The molecule has 1 atom stereocenters. The van der Waals surface area contributed by atoms with E-state index < -0.39 is 0 Å². The Labute approximate surface area is 188 Å². The molecule has 162 valence electrons. The lowest BCUT2D eigenvalue weighted by atomic mass is 10.1. The van der Waals surface area contributed by atoms with Gasteiger partial charge in [0.1, 0.15) is 11.9 Å². The Kier molecular flexibility index (Phi) is 9.57. The Balaban J connectivity index is 0.00000300. The summed E-state index contributed by atoms with van der Waals surface area (Å²) in [5.74, 6) is 0.626. The highest BCUT2D eigenvalue weighted by Gasteiger charge is 2.30. The zero-order chi connectivity index (χ0) is 19.9. The summed E-state index contributed by atoms with van der Waals surface area (Å²) in [6, 6.07) is 5.02. The summed E-state index contributed by atoms with van der Waals surface area (Å²) in [6.45, 7) is 4.23. The molecule has 2 fully saturated rings. The fourth-order valence-corrected chi connectivity index (χ4v) is 3.63. The molecule has 0 spiro atoms. The number of amides is 1. The highest BCUT2D eigenvalue weighted by atomic mass is 127. The molecule has 9 heteroatoms. The van der Waals surface area contributed by atoms with Crippen molar-refractivity contribution in [2.45, 2.75) is 32.1 Å². The number of benzene rings is 1. The number of hydrogen-bond acceptors (Lipinski definition) is 4. The second-order valence-electron chi connectivity index (χ2n) is 7.07. The van der Waals surface area contributed by atoms with Crippen LogP contribution in [0.3, 0.4) is 0 Å². The largest absolute Gasteiger partial charge is 0.380 e. The molecule has 2 heterocycles. The van der Waals surface area contributed by atoms with Crippen LogP contribution in [0, 0.1) is 5.82 Å². The Morgan fingerprint density at radius 3 is 2.66 bits per heavy atom. The molecule has 1 amide bonds. The van der Waals surface area contributed by atoms with Gasteiger partial charge in [-0.2, -0.15) is 0 Å². The molecule has 2 saturated heterocycles. The van der Waals surface area contributed by atoms with Crippen molar-refractivity contribution in [1.82, 2.24) is 15.1 Å². The first-order chi connectivity index (χ1) is 13.6. The summed E-state index contributed by atoms with van der Waals surface area (Å²) in [5.41, 5.74) is 1.50. The lowest BCUT2D eigenvalue weighted by Crippen LogP contribution is -2.55. The quantitative estimate of drug-likeness (QED) is 0.366. The van der Waals surface area contributed by atoms with Crippen molar-refractivity contribution < 1.29 is 18.7 Å². The smallest absolute Gasteiger partial charge is 0.251 e. The average Bonchev–Trinajstić information content (AvgIpc) is 3.26. The van der Waals surface area contributed by atoms with E-state index in [1.807, 2.05) is 4.90 Å². The topological polar surface area (TPSA) is 66.4 Å². The van der Waals surface area contributed by atoms with Crippen LogP contribution < -0.4 is 5.32 Å². The minimum atomic E-state index is -0.262. The third-order valence-electron chi connectivity index (χ3n) is 5.17. The van der Waals surface area contributed by atoms with Crippen molar-refractivity contribution in [1.29, 1.82) is 0 Å². The van der Waals surface area contributed by atoms with Crippen LogP contribution >= 0.6 is 24.0 Å². The summed E-state index contributed by atoms with van der Waals surface area (Å²) in [5, 5.41) is 3.33. The zero-order valence-corrected chi connectivity index (χ0v) is 19.4. The molecule has 2 aliphatic rings. The van der Waals surface area contributed by atoms with Gasteiger partial charge in [0.05, 0.1) is 6.61 Å². The number of aliphatic imine (C=N–C) groups is 1. The number of nitrogens with one attached hydrogen (secondary N) is 1. The van der Waals surface area contributed by atoms with Crippen LogP contribution in [0.4, 0.5) is 4.39 Å². The van der Waals surface area contributed by atoms with E-state index in [0.29, 0.717) is 31.8 Å². The van der Waals surface area contributed by atoms with Gasteiger partial charge in [0.15, 0.2) is 5.96 Å². The maximum Gasteiger partial charge on any atom is 0.251 e. The van der Waals surface area contributed by atoms with E-state index in [9.17, 15) is 9.18 Å². The van der Waals surface area contributed by atoms with E-state index >= 15 is 0 Å². The first-order valence-corrected chi connectivity index (χ1v) is 9.74. The van der Waals surface area contributed by atoms with Gasteiger partial charge in [-0.25, -0.2) is 4.39 Å². The fraction of sp³-hybridized carbons (Fsp3) is 0.600. The molecular weight excluding hydrogens is 490 g/mol. The van der Waals surface area contributed by atoms with E-state index in [4.69, 9.17) is 9.47 Å². The van der Waals surface area contributed by atoms with Crippen LogP contribution in [0.5, 0.6) is 0 Å². The molecule has 3 rings (SSSR count). The molecule has 0 bridgehead atoms. The molecule has 1 unspecified atom stereocenters. The Bertz CT molecular complexity index is 705. The summed E-state index contributed by atoms with van der Waals surface area (Å²) in [6.07, 6.45) is 1.52. The molecular formula is C20H30FIN4O3. The zero-order valence-electron chi connectivity index (χ0n) is 17.0. The van der Waals surface area contributed by atoms with Crippen molar-refractivity contribution in [2.24, 2.45) is 4.99 Å². The van der Waals surface area contributed by atoms with Gasteiger partial charge in [0, 0.05) is 59.1 Å². The molecule has 0 aromatic heterocycles. The second kappa shape index (κ2) is 11.7. The van der Waals surface area contributed by atoms with Crippen LogP contribution in [-0.2, 0) is 27.4 Å². The molecule has 0 saturated carbocycles. The lowest BCUT2D eigenvalue weighted by molar-refractivity contribution is -0.142. The predicted molar refractivity (Wildman–Crippen MR) is 120 cm³/mol. The third kappa shape index (κ3) is 6.26. The molecule has 1 N–H and O–H groups in total. The Morgan fingerprint density at radius 1 is 1.31 bits per heavy atom. The van der Waals surface area contributed by atoms with Gasteiger partial charge in [-0.05, 0) is 30.5 Å². The SMILES string of the molecule is CN=C(NCc1ccc(F)c(COC)c1)N1CCN(C(=O)C2CCCO2)CC1.I. The van der Waals surface area contributed by atoms with E-state index in [1.165, 1.54) is 6.07 Å². The predicted octanol–water partition coefficient (Wildman–Crippen LogP) is 1.99. The minimum absolute atomic E-state index is 0. The van der Waals surface area contributed by atoms with Crippen LogP contribution in [0.15, 0.2) is 23.2 Å². The molecule has 7 nitrogen and oxygen atoms in total. The standard InChI is InChI=1S/C20H29FN4O3.HI/c1-22-20(23-13-15-5-6-17(21)16(12-15)14-27-2)25-9-7-24(8-10-25)19(26)18-4-3-11-28-18;/h5-6,12,18H,3-4,7-11,13-14H2,1-2H3,(H,22,23);1H. The summed E-state index contributed by atoms with van der Waals surface area (Å²) >= 11 is 0. The second-order valence-corrected chi connectivity index (χ2v) is 7.07. The van der Waals surface area contributed by atoms with Gasteiger partial charge < -0.3 is 24.6 Å². The Hall–Kier alpha value is -1.46. The normalized spacial score (nSPS) is 19.8. The lowest BCUT2D eigenvalue weighted by Gasteiger charge is -2.37. The number of halogens is 2. The van der Waals surface area contributed by atoms with E-state index in [-0.39, 0.29) is 48.4 Å². The first-order valence-electron chi connectivity index (χ1n) is 9.74. The van der Waals surface area contributed by atoms with Gasteiger partial charge >= 0.3 is 0 Å². The van der Waals surface area contributed by atoms with Crippen molar-refractivity contribution in [3.8, 4) is 0 Å². The minimum Gasteiger partial charge on any atom is -0.380 e. The number of hydrogen-bond donors (Lipinski definition) is 1. The molecule has 0 radical (unpaired) electrons. The summed E-state index contributed by atoms with van der Waals surface area (Å²) < 4.78 is 24.3. The number of carbonyl (C=O) groups excluding carboxylic acids is 1. The van der Waals surface area contributed by atoms with Gasteiger partial charge in [0.2, 0.25) is 0 Å². The third-order valence-corrected chi connectivity index (χ3v) is 5.17. The van der Waals surface area contributed by atoms with Gasteiger partial charge in [-0.3, -0.25) is 9.79 Å².